The number of piperazine rings is 1. The molecule has 22 heavy (non-hydrogen) atoms. The molecule has 0 unspecified atom stereocenters. The normalized spacial score (nSPS) is 15.5. The highest BCUT2D eigenvalue weighted by Gasteiger charge is 2.19. The summed E-state index contributed by atoms with van der Waals surface area (Å²) in [7, 11) is 0. The van der Waals surface area contributed by atoms with Gasteiger partial charge in [-0.15, -0.1) is 0 Å². The number of hydrogen-bond acceptors (Lipinski definition) is 3. The molecule has 0 atom stereocenters. The standard InChI is InChI=1S/C17H20N4S/c22-17(19-15-6-2-1-3-7-15)21-12-10-20(11-13-21)14-16-8-4-5-9-18-16/h1-9H,10-14H2,(H,19,22). The first-order valence-electron chi connectivity index (χ1n) is 7.54. The number of benzene rings is 1. The van der Waals surface area contributed by atoms with E-state index in [1.54, 1.807) is 0 Å². The fourth-order valence-electron chi connectivity index (χ4n) is 2.55. The fourth-order valence-corrected chi connectivity index (χ4v) is 2.85. The lowest BCUT2D eigenvalue weighted by molar-refractivity contribution is 0.175. The minimum Gasteiger partial charge on any atom is -0.346 e. The van der Waals surface area contributed by atoms with Crippen LogP contribution < -0.4 is 5.32 Å². The Hall–Kier alpha value is -1.98. The summed E-state index contributed by atoms with van der Waals surface area (Å²) in [5.41, 5.74) is 2.17. The van der Waals surface area contributed by atoms with E-state index in [0.717, 1.165) is 49.2 Å². The first kappa shape index (κ1) is 14.9. The van der Waals surface area contributed by atoms with Crippen molar-refractivity contribution in [3.63, 3.8) is 0 Å². The van der Waals surface area contributed by atoms with Crippen molar-refractivity contribution in [1.82, 2.24) is 14.8 Å². The molecule has 0 saturated carbocycles. The Bertz CT molecular complexity index is 595. The summed E-state index contributed by atoms with van der Waals surface area (Å²) < 4.78 is 0. The number of thiocarbonyl (C=S) groups is 1. The highest BCUT2D eigenvalue weighted by molar-refractivity contribution is 7.80. The molecule has 114 valence electrons. The van der Waals surface area contributed by atoms with Crippen molar-refractivity contribution in [2.45, 2.75) is 6.54 Å². The van der Waals surface area contributed by atoms with Crippen molar-refractivity contribution in [2.24, 2.45) is 0 Å². The molecule has 0 amide bonds. The summed E-state index contributed by atoms with van der Waals surface area (Å²) in [5.74, 6) is 0. The van der Waals surface area contributed by atoms with Gasteiger partial charge in [-0.1, -0.05) is 24.3 Å². The third-order valence-electron chi connectivity index (χ3n) is 3.80. The number of nitrogens with one attached hydrogen (secondary N) is 1. The number of nitrogens with zero attached hydrogens (tertiary/aromatic N) is 3. The Kier molecular flexibility index (Phi) is 4.98. The van der Waals surface area contributed by atoms with Crippen LogP contribution in [0, 0.1) is 0 Å². The molecule has 0 radical (unpaired) electrons. The van der Waals surface area contributed by atoms with Gasteiger partial charge in [0.1, 0.15) is 0 Å². The molecule has 0 spiro atoms. The smallest absolute Gasteiger partial charge is 0.173 e. The van der Waals surface area contributed by atoms with Crippen molar-refractivity contribution in [2.75, 3.05) is 31.5 Å². The van der Waals surface area contributed by atoms with Gasteiger partial charge in [0.15, 0.2) is 5.11 Å². The summed E-state index contributed by atoms with van der Waals surface area (Å²) in [5, 5.41) is 4.11. The molecule has 1 aliphatic heterocycles. The van der Waals surface area contributed by atoms with Gasteiger partial charge in [-0.25, -0.2) is 0 Å². The second-order valence-corrected chi connectivity index (χ2v) is 5.77. The average molecular weight is 312 g/mol. The van der Waals surface area contributed by atoms with Crippen LogP contribution in [0.2, 0.25) is 0 Å². The maximum absolute atomic E-state index is 5.51. The van der Waals surface area contributed by atoms with Gasteiger partial charge in [-0.3, -0.25) is 9.88 Å². The predicted molar refractivity (Wildman–Crippen MR) is 93.7 cm³/mol. The number of aromatic nitrogens is 1. The van der Waals surface area contributed by atoms with Gasteiger partial charge in [0.25, 0.3) is 0 Å². The first-order valence-corrected chi connectivity index (χ1v) is 7.95. The van der Waals surface area contributed by atoms with Gasteiger partial charge in [-0.2, -0.15) is 0 Å². The minimum absolute atomic E-state index is 0.809. The molecule has 4 nitrogen and oxygen atoms in total. The molecule has 0 bridgehead atoms. The molecule has 5 heteroatoms. The zero-order valence-electron chi connectivity index (χ0n) is 12.5. The molecular weight excluding hydrogens is 292 g/mol. The Morgan fingerprint density at radius 1 is 1.00 bits per heavy atom. The van der Waals surface area contributed by atoms with Crippen LogP contribution in [0.1, 0.15) is 5.69 Å². The van der Waals surface area contributed by atoms with E-state index in [0.29, 0.717) is 0 Å². The van der Waals surface area contributed by atoms with Crippen LogP contribution in [0.15, 0.2) is 54.7 Å². The third kappa shape index (κ3) is 4.02. The number of hydrogen-bond donors (Lipinski definition) is 1. The lowest BCUT2D eigenvalue weighted by Crippen LogP contribution is -2.49. The van der Waals surface area contributed by atoms with E-state index in [2.05, 4.69) is 26.2 Å². The lowest BCUT2D eigenvalue weighted by atomic mass is 10.2. The van der Waals surface area contributed by atoms with Crippen molar-refractivity contribution in [1.29, 1.82) is 0 Å². The SMILES string of the molecule is S=C(Nc1ccccc1)N1CCN(Cc2ccccn2)CC1. The molecule has 1 aromatic carbocycles. The van der Waals surface area contributed by atoms with Crippen LogP contribution in [-0.2, 0) is 6.54 Å². The van der Waals surface area contributed by atoms with E-state index in [9.17, 15) is 0 Å². The summed E-state index contributed by atoms with van der Waals surface area (Å²) in [6, 6.07) is 16.2. The van der Waals surface area contributed by atoms with E-state index in [4.69, 9.17) is 12.2 Å². The van der Waals surface area contributed by atoms with Gasteiger partial charge in [0.05, 0.1) is 5.69 Å². The number of anilines is 1. The predicted octanol–water partition coefficient (Wildman–Crippen LogP) is 2.60. The van der Waals surface area contributed by atoms with Gasteiger partial charge in [-0.05, 0) is 36.5 Å². The summed E-state index contributed by atoms with van der Waals surface area (Å²) >= 11 is 5.51. The zero-order chi connectivity index (χ0) is 15.2. The summed E-state index contributed by atoms with van der Waals surface area (Å²) in [6.07, 6.45) is 1.85. The van der Waals surface area contributed by atoms with Crippen LogP contribution >= 0.6 is 12.2 Å². The number of pyridine rings is 1. The monoisotopic (exact) mass is 312 g/mol. The van der Waals surface area contributed by atoms with E-state index >= 15 is 0 Å². The Labute approximate surface area is 136 Å². The van der Waals surface area contributed by atoms with Gasteiger partial charge in [0, 0.05) is 44.6 Å². The maximum Gasteiger partial charge on any atom is 0.173 e. The number of rotatable bonds is 3. The lowest BCUT2D eigenvalue weighted by Gasteiger charge is -2.36. The summed E-state index contributed by atoms with van der Waals surface area (Å²) in [4.78, 5) is 9.04. The Balaban J connectivity index is 1.48. The molecular formula is C17H20N4S. The van der Waals surface area contributed by atoms with Crippen LogP contribution in [0.5, 0.6) is 0 Å². The topological polar surface area (TPSA) is 31.4 Å². The van der Waals surface area contributed by atoms with Crippen molar-refractivity contribution >= 4 is 23.0 Å². The van der Waals surface area contributed by atoms with Crippen molar-refractivity contribution < 1.29 is 0 Å². The highest BCUT2D eigenvalue weighted by atomic mass is 32.1. The molecule has 2 aromatic rings. The van der Waals surface area contributed by atoms with Crippen LogP contribution in [-0.4, -0.2) is 46.1 Å². The maximum atomic E-state index is 5.51. The van der Waals surface area contributed by atoms with E-state index in [1.807, 2.05) is 48.7 Å². The minimum atomic E-state index is 0.809. The fraction of sp³-hybridized carbons (Fsp3) is 0.294. The van der Waals surface area contributed by atoms with Crippen LogP contribution in [0.3, 0.4) is 0 Å². The highest BCUT2D eigenvalue weighted by Crippen LogP contribution is 2.10. The van der Waals surface area contributed by atoms with E-state index < -0.39 is 0 Å². The molecule has 1 aliphatic rings. The number of para-hydroxylation sites is 1. The molecule has 3 rings (SSSR count). The largest absolute Gasteiger partial charge is 0.346 e. The Morgan fingerprint density at radius 2 is 1.73 bits per heavy atom. The van der Waals surface area contributed by atoms with E-state index in [-0.39, 0.29) is 0 Å². The average Bonchev–Trinajstić information content (AvgIpc) is 2.57. The molecule has 1 fully saturated rings. The second kappa shape index (κ2) is 7.33. The van der Waals surface area contributed by atoms with Crippen LogP contribution in [0.4, 0.5) is 5.69 Å². The quantitative estimate of drug-likeness (QED) is 0.881. The molecule has 0 aliphatic carbocycles. The Morgan fingerprint density at radius 3 is 2.41 bits per heavy atom. The van der Waals surface area contributed by atoms with Crippen molar-refractivity contribution in [3.8, 4) is 0 Å². The zero-order valence-corrected chi connectivity index (χ0v) is 13.3. The molecule has 1 N–H and O–H groups in total. The van der Waals surface area contributed by atoms with Gasteiger partial charge in [0.2, 0.25) is 0 Å². The molecule has 1 aromatic heterocycles. The van der Waals surface area contributed by atoms with Gasteiger partial charge < -0.3 is 10.2 Å². The third-order valence-corrected chi connectivity index (χ3v) is 4.16. The molecule has 2 heterocycles. The first-order chi connectivity index (χ1) is 10.8. The molecule has 1 saturated heterocycles. The van der Waals surface area contributed by atoms with Gasteiger partial charge >= 0.3 is 0 Å². The van der Waals surface area contributed by atoms with Crippen molar-refractivity contribution in [3.05, 3.63) is 60.4 Å². The second-order valence-electron chi connectivity index (χ2n) is 5.38. The van der Waals surface area contributed by atoms with Crippen LogP contribution in [0.25, 0.3) is 0 Å². The van der Waals surface area contributed by atoms with E-state index in [1.165, 1.54) is 0 Å². The summed E-state index contributed by atoms with van der Waals surface area (Å²) in [6.45, 7) is 4.82.